The maximum atomic E-state index is 13.2. The third kappa shape index (κ3) is 2.92. The average molecular weight is 378 g/mol. The van der Waals surface area contributed by atoms with Gasteiger partial charge in [0.15, 0.2) is 5.79 Å². The number of hydrogen-bond acceptors (Lipinski definition) is 7. The van der Waals surface area contributed by atoms with Gasteiger partial charge < -0.3 is 19.1 Å². The summed E-state index contributed by atoms with van der Waals surface area (Å²) in [5, 5.41) is 19.7. The Labute approximate surface area is 158 Å². The lowest BCUT2D eigenvalue weighted by atomic mass is 9.56. The van der Waals surface area contributed by atoms with Crippen molar-refractivity contribution in [2.75, 3.05) is 27.4 Å². The highest BCUT2D eigenvalue weighted by Gasteiger charge is 2.60. The van der Waals surface area contributed by atoms with Crippen LogP contribution >= 0.6 is 0 Å². The topological polar surface area (TPSA) is 91.7 Å². The lowest BCUT2D eigenvalue weighted by molar-refractivity contribution is -0.359. The molecule has 1 spiro atoms. The van der Waals surface area contributed by atoms with Crippen LogP contribution in [0.1, 0.15) is 31.2 Å². The lowest BCUT2D eigenvalue weighted by Gasteiger charge is -2.55. The molecule has 0 radical (unpaired) electrons. The van der Waals surface area contributed by atoms with E-state index in [1.54, 1.807) is 14.2 Å². The number of hydroxylamine groups is 2. The Kier molecular flexibility index (Phi) is 4.64. The SMILES string of the molecule is COc1cccc(C23CC(N(O)O)N(C)C(=O)C2CCC2(C3)OCCO2)c1. The van der Waals surface area contributed by atoms with E-state index in [-0.39, 0.29) is 17.1 Å². The number of hydrogen-bond donors (Lipinski definition) is 2. The molecule has 3 atom stereocenters. The molecule has 3 unspecified atom stereocenters. The van der Waals surface area contributed by atoms with Crippen LogP contribution in [0.5, 0.6) is 5.75 Å². The van der Waals surface area contributed by atoms with Gasteiger partial charge >= 0.3 is 0 Å². The maximum Gasteiger partial charge on any atom is 0.227 e. The molecule has 2 heterocycles. The largest absolute Gasteiger partial charge is 0.497 e. The van der Waals surface area contributed by atoms with Gasteiger partial charge in [-0.05, 0) is 35.8 Å². The van der Waals surface area contributed by atoms with Crippen LogP contribution in [0.4, 0.5) is 0 Å². The van der Waals surface area contributed by atoms with Crippen LogP contribution in [-0.4, -0.2) is 65.8 Å². The molecular weight excluding hydrogens is 352 g/mol. The Balaban J connectivity index is 1.83. The van der Waals surface area contributed by atoms with E-state index in [4.69, 9.17) is 14.2 Å². The van der Waals surface area contributed by atoms with Crippen LogP contribution in [0.2, 0.25) is 0 Å². The molecule has 3 fully saturated rings. The predicted octanol–water partition coefficient (Wildman–Crippen LogP) is 1.74. The number of nitrogens with zero attached hydrogens (tertiary/aromatic N) is 2. The van der Waals surface area contributed by atoms with Gasteiger partial charge in [0.2, 0.25) is 5.91 Å². The first kappa shape index (κ1) is 18.6. The van der Waals surface area contributed by atoms with Crippen LogP contribution in [0.3, 0.4) is 0 Å². The van der Waals surface area contributed by atoms with Crippen molar-refractivity contribution in [3.8, 4) is 5.75 Å². The number of fused-ring (bicyclic) bond motifs is 1. The number of ether oxygens (including phenoxy) is 3. The van der Waals surface area contributed by atoms with E-state index in [0.717, 1.165) is 5.56 Å². The molecule has 0 aromatic heterocycles. The van der Waals surface area contributed by atoms with Crippen molar-refractivity contribution >= 4 is 5.91 Å². The molecule has 2 aliphatic heterocycles. The van der Waals surface area contributed by atoms with Gasteiger partial charge in [0.25, 0.3) is 0 Å². The van der Waals surface area contributed by atoms with E-state index in [0.29, 0.717) is 44.6 Å². The summed E-state index contributed by atoms with van der Waals surface area (Å²) in [5.74, 6) is -0.420. The highest BCUT2D eigenvalue weighted by Crippen LogP contribution is 2.56. The van der Waals surface area contributed by atoms with Crippen molar-refractivity contribution in [1.29, 1.82) is 0 Å². The molecule has 3 aliphatic rings. The summed E-state index contributed by atoms with van der Waals surface area (Å²) in [6.07, 6.45) is 1.26. The molecular formula is C19H26N2O6. The van der Waals surface area contributed by atoms with Crippen LogP contribution < -0.4 is 4.74 Å². The monoisotopic (exact) mass is 378 g/mol. The fourth-order valence-corrected chi connectivity index (χ4v) is 5.10. The molecule has 2 N–H and O–H groups in total. The molecule has 1 aromatic rings. The van der Waals surface area contributed by atoms with E-state index >= 15 is 0 Å². The first-order valence-electron chi connectivity index (χ1n) is 9.27. The number of likely N-dealkylation sites (tertiary alicyclic amines) is 1. The van der Waals surface area contributed by atoms with Crippen molar-refractivity contribution < 1.29 is 29.4 Å². The Hall–Kier alpha value is -1.71. The van der Waals surface area contributed by atoms with E-state index in [1.807, 2.05) is 24.3 Å². The van der Waals surface area contributed by atoms with Gasteiger partial charge in [0.05, 0.1) is 20.3 Å². The lowest BCUT2D eigenvalue weighted by Crippen LogP contribution is -2.64. The highest BCUT2D eigenvalue weighted by atomic mass is 16.8. The first-order valence-corrected chi connectivity index (χ1v) is 9.27. The van der Waals surface area contributed by atoms with E-state index in [9.17, 15) is 15.2 Å². The second-order valence-electron chi connectivity index (χ2n) is 7.72. The van der Waals surface area contributed by atoms with Gasteiger partial charge in [-0.1, -0.05) is 12.1 Å². The Morgan fingerprint density at radius 3 is 2.70 bits per heavy atom. The molecule has 1 saturated carbocycles. The van der Waals surface area contributed by atoms with Crippen LogP contribution in [-0.2, 0) is 19.7 Å². The molecule has 4 rings (SSSR count). The zero-order valence-electron chi connectivity index (χ0n) is 15.6. The molecule has 0 bridgehead atoms. The third-order valence-electron chi connectivity index (χ3n) is 6.43. The van der Waals surface area contributed by atoms with Crippen LogP contribution in [0.15, 0.2) is 24.3 Å². The minimum absolute atomic E-state index is 0.102. The average Bonchev–Trinajstić information content (AvgIpc) is 3.12. The Morgan fingerprint density at radius 1 is 1.30 bits per heavy atom. The van der Waals surface area contributed by atoms with Gasteiger partial charge in [-0.3, -0.25) is 15.2 Å². The van der Waals surface area contributed by atoms with Gasteiger partial charge in [0, 0.05) is 31.2 Å². The van der Waals surface area contributed by atoms with Crippen LogP contribution in [0, 0.1) is 5.92 Å². The Bertz CT molecular complexity index is 720. The summed E-state index contributed by atoms with van der Waals surface area (Å²) < 4.78 is 17.3. The van der Waals surface area contributed by atoms with Gasteiger partial charge in [-0.15, -0.1) is 0 Å². The first-order chi connectivity index (χ1) is 12.9. The maximum absolute atomic E-state index is 13.2. The van der Waals surface area contributed by atoms with Gasteiger partial charge in [-0.2, -0.15) is 0 Å². The number of carbonyl (C=O) groups is 1. The highest BCUT2D eigenvalue weighted by molar-refractivity contribution is 5.82. The Morgan fingerprint density at radius 2 is 2.04 bits per heavy atom. The standard InChI is InChI=1S/C19H26N2O6/c1-20-16(21(23)24)11-18(13-4-3-5-14(10-13)25-2)12-19(26-8-9-27-19)7-6-15(18)17(20)22/h3-5,10,15-16,23-24H,6-9,11-12H2,1-2H3. The summed E-state index contributed by atoms with van der Waals surface area (Å²) in [6, 6.07) is 7.65. The van der Waals surface area contributed by atoms with E-state index < -0.39 is 17.4 Å². The summed E-state index contributed by atoms with van der Waals surface area (Å²) in [7, 11) is 3.21. The minimum atomic E-state index is -0.850. The van der Waals surface area contributed by atoms with Gasteiger partial charge in [0.1, 0.15) is 11.9 Å². The smallest absolute Gasteiger partial charge is 0.227 e. The quantitative estimate of drug-likeness (QED) is 0.774. The number of piperidine rings is 1. The number of carbonyl (C=O) groups excluding carboxylic acids is 1. The fourth-order valence-electron chi connectivity index (χ4n) is 5.10. The molecule has 8 heteroatoms. The molecule has 2 saturated heterocycles. The zero-order valence-corrected chi connectivity index (χ0v) is 15.6. The van der Waals surface area contributed by atoms with Crippen molar-refractivity contribution in [1.82, 2.24) is 10.1 Å². The summed E-state index contributed by atoms with van der Waals surface area (Å²) in [4.78, 5) is 14.6. The molecule has 148 valence electrons. The molecule has 1 aliphatic carbocycles. The van der Waals surface area contributed by atoms with Crippen molar-refractivity contribution in [3.05, 3.63) is 29.8 Å². The van der Waals surface area contributed by atoms with Crippen molar-refractivity contribution in [2.24, 2.45) is 5.92 Å². The minimum Gasteiger partial charge on any atom is -0.497 e. The molecule has 1 amide bonds. The van der Waals surface area contributed by atoms with Crippen molar-refractivity contribution in [3.63, 3.8) is 0 Å². The number of benzene rings is 1. The molecule has 27 heavy (non-hydrogen) atoms. The van der Waals surface area contributed by atoms with Crippen molar-refractivity contribution in [2.45, 2.75) is 43.1 Å². The third-order valence-corrected chi connectivity index (χ3v) is 6.43. The van der Waals surface area contributed by atoms with Crippen LogP contribution in [0.25, 0.3) is 0 Å². The second-order valence-corrected chi connectivity index (χ2v) is 7.72. The fraction of sp³-hybridized carbons (Fsp3) is 0.632. The predicted molar refractivity (Wildman–Crippen MR) is 93.2 cm³/mol. The van der Waals surface area contributed by atoms with Gasteiger partial charge in [-0.25, -0.2) is 0 Å². The number of amides is 1. The molecule has 1 aromatic carbocycles. The van der Waals surface area contributed by atoms with E-state index in [2.05, 4.69) is 0 Å². The zero-order chi connectivity index (χ0) is 19.2. The van der Waals surface area contributed by atoms with E-state index in [1.165, 1.54) is 4.90 Å². The summed E-state index contributed by atoms with van der Waals surface area (Å²) in [5.41, 5.74) is 0.285. The normalized spacial score (nSPS) is 32.8. The molecule has 8 nitrogen and oxygen atoms in total. The number of rotatable bonds is 3. The summed E-state index contributed by atoms with van der Waals surface area (Å²) >= 11 is 0. The summed E-state index contributed by atoms with van der Waals surface area (Å²) in [6.45, 7) is 1.06. The second kappa shape index (κ2) is 6.72. The number of methoxy groups -OCH3 is 1.